The molecule has 15 heteroatoms. The molecule has 1 saturated heterocycles. The molecule has 0 atom stereocenters. The molecule has 5 aromatic rings. The normalized spacial score (nSPS) is 14.1. The molecule has 6 rings (SSSR count). The van der Waals surface area contributed by atoms with E-state index in [1.807, 2.05) is 6.92 Å². The van der Waals surface area contributed by atoms with Crippen molar-refractivity contribution < 1.29 is 32.5 Å². The minimum atomic E-state index is -4.73. The average Bonchev–Trinajstić information content (AvgIpc) is 3.66. The van der Waals surface area contributed by atoms with E-state index in [9.17, 15) is 23.1 Å². The molecule has 1 amide bonds. The Labute approximate surface area is 236 Å². The SMILES string of the molecule is Cc1cc(Cn2cc(-c3cnc4c(Oc5ccc(C(=O)N6CCOCC6)c(O)c5)nccn34)c(C(F)(F)F)n2)nn1C. The van der Waals surface area contributed by atoms with E-state index in [1.165, 1.54) is 52.1 Å². The fourth-order valence-corrected chi connectivity index (χ4v) is 4.75. The number of carbonyl (C=O) groups excluding carboxylic acids is 1. The first-order valence-corrected chi connectivity index (χ1v) is 12.9. The predicted octanol–water partition coefficient (Wildman–Crippen LogP) is 3.67. The van der Waals surface area contributed by atoms with Crippen LogP contribution in [0.2, 0.25) is 0 Å². The Morgan fingerprint density at radius 2 is 1.93 bits per heavy atom. The summed E-state index contributed by atoms with van der Waals surface area (Å²) in [6.07, 6.45) is 0.686. The number of aromatic hydroxyl groups is 1. The number of ether oxygens (including phenoxy) is 2. The third-order valence-corrected chi connectivity index (χ3v) is 6.90. The summed E-state index contributed by atoms with van der Waals surface area (Å²) in [5.74, 6) is -0.476. The highest BCUT2D eigenvalue weighted by Gasteiger charge is 2.38. The Bertz CT molecular complexity index is 1770. The van der Waals surface area contributed by atoms with E-state index in [0.29, 0.717) is 32.0 Å². The highest BCUT2D eigenvalue weighted by Crippen LogP contribution is 2.37. The minimum absolute atomic E-state index is 0.0136. The summed E-state index contributed by atoms with van der Waals surface area (Å²) in [4.78, 5) is 22.8. The van der Waals surface area contributed by atoms with Crippen LogP contribution in [0.15, 0.2) is 49.1 Å². The summed E-state index contributed by atoms with van der Waals surface area (Å²) >= 11 is 0. The van der Waals surface area contributed by atoms with Crippen LogP contribution in [0.4, 0.5) is 13.2 Å². The van der Waals surface area contributed by atoms with E-state index in [-0.39, 0.29) is 52.3 Å². The number of hydrogen-bond donors (Lipinski definition) is 1. The number of carbonyl (C=O) groups is 1. The van der Waals surface area contributed by atoms with Crippen LogP contribution in [0.5, 0.6) is 17.4 Å². The molecule has 0 radical (unpaired) electrons. The maximum Gasteiger partial charge on any atom is 0.435 e. The maximum atomic E-state index is 14.1. The Kier molecular flexibility index (Phi) is 6.80. The van der Waals surface area contributed by atoms with Crippen molar-refractivity contribution in [1.29, 1.82) is 0 Å². The fourth-order valence-electron chi connectivity index (χ4n) is 4.75. The smallest absolute Gasteiger partial charge is 0.435 e. The molecule has 0 unspecified atom stereocenters. The lowest BCUT2D eigenvalue weighted by molar-refractivity contribution is -0.141. The van der Waals surface area contributed by atoms with Crippen LogP contribution in [0.25, 0.3) is 16.9 Å². The molecule has 42 heavy (non-hydrogen) atoms. The van der Waals surface area contributed by atoms with Crippen LogP contribution in [-0.2, 0) is 24.5 Å². The molecule has 0 bridgehead atoms. The quantitative estimate of drug-likeness (QED) is 0.322. The van der Waals surface area contributed by atoms with E-state index in [0.717, 1.165) is 5.69 Å². The summed E-state index contributed by atoms with van der Waals surface area (Å²) in [5, 5.41) is 18.7. The molecule has 1 aliphatic heterocycles. The highest BCUT2D eigenvalue weighted by molar-refractivity contribution is 5.97. The Morgan fingerprint density at radius 3 is 2.62 bits per heavy atom. The zero-order chi connectivity index (χ0) is 29.6. The van der Waals surface area contributed by atoms with Gasteiger partial charge in [0.25, 0.3) is 11.8 Å². The van der Waals surface area contributed by atoms with Gasteiger partial charge >= 0.3 is 6.18 Å². The second-order valence-corrected chi connectivity index (χ2v) is 9.74. The molecule has 5 heterocycles. The van der Waals surface area contributed by atoms with Crippen LogP contribution in [0.1, 0.15) is 27.4 Å². The monoisotopic (exact) mass is 582 g/mol. The first kappa shape index (κ1) is 27.3. The molecule has 1 aliphatic rings. The second kappa shape index (κ2) is 10.5. The number of phenolic OH excluding ortho intramolecular Hbond substituents is 1. The van der Waals surface area contributed by atoms with Gasteiger partial charge in [-0.3, -0.25) is 18.6 Å². The van der Waals surface area contributed by atoms with Crippen LogP contribution >= 0.6 is 0 Å². The summed E-state index contributed by atoms with van der Waals surface area (Å²) in [6, 6.07) is 5.98. The largest absolute Gasteiger partial charge is 0.507 e. The molecule has 1 aromatic carbocycles. The van der Waals surface area contributed by atoms with Gasteiger partial charge in [-0.15, -0.1) is 0 Å². The summed E-state index contributed by atoms with van der Waals surface area (Å²) in [7, 11) is 1.75. The van der Waals surface area contributed by atoms with E-state index in [2.05, 4.69) is 20.2 Å². The molecule has 0 aliphatic carbocycles. The Morgan fingerprint density at radius 1 is 1.14 bits per heavy atom. The van der Waals surface area contributed by atoms with Gasteiger partial charge in [0.2, 0.25) is 5.65 Å². The van der Waals surface area contributed by atoms with Gasteiger partial charge in [-0.1, -0.05) is 0 Å². The topological polar surface area (TPSA) is 125 Å². The van der Waals surface area contributed by atoms with Crippen molar-refractivity contribution in [1.82, 2.24) is 38.8 Å². The van der Waals surface area contributed by atoms with E-state index in [4.69, 9.17) is 9.47 Å². The van der Waals surface area contributed by atoms with Gasteiger partial charge in [0, 0.05) is 50.5 Å². The number of amides is 1. The number of rotatable bonds is 6. The van der Waals surface area contributed by atoms with Crippen LogP contribution < -0.4 is 4.74 Å². The number of imidazole rings is 1. The third kappa shape index (κ3) is 5.13. The van der Waals surface area contributed by atoms with Crippen molar-refractivity contribution in [3.63, 3.8) is 0 Å². The number of aryl methyl sites for hydroxylation is 2. The number of fused-ring (bicyclic) bond motifs is 1. The number of phenols is 1. The summed E-state index contributed by atoms with van der Waals surface area (Å²) < 4.78 is 57.5. The van der Waals surface area contributed by atoms with Gasteiger partial charge < -0.3 is 19.5 Å². The summed E-state index contributed by atoms with van der Waals surface area (Å²) in [5.41, 5.74) is 0.559. The van der Waals surface area contributed by atoms with E-state index in [1.54, 1.807) is 22.7 Å². The minimum Gasteiger partial charge on any atom is -0.507 e. The highest BCUT2D eigenvalue weighted by atomic mass is 19.4. The molecule has 0 saturated carbocycles. The Hall–Kier alpha value is -4.92. The van der Waals surface area contributed by atoms with Crippen molar-refractivity contribution in [3.8, 4) is 28.6 Å². The molecular formula is C27H25F3N8O4. The average molecular weight is 583 g/mol. The lowest BCUT2D eigenvalue weighted by Gasteiger charge is -2.27. The lowest BCUT2D eigenvalue weighted by atomic mass is 10.1. The van der Waals surface area contributed by atoms with Crippen molar-refractivity contribution in [2.24, 2.45) is 7.05 Å². The van der Waals surface area contributed by atoms with Crippen LogP contribution in [0.3, 0.4) is 0 Å². The van der Waals surface area contributed by atoms with Gasteiger partial charge in [0.15, 0.2) is 5.69 Å². The van der Waals surface area contributed by atoms with Crippen LogP contribution in [-0.4, -0.2) is 76.1 Å². The number of morpholine rings is 1. The van der Waals surface area contributed by atoms with Gasteiger partial charge in [-0.2, -0.15) is 23.4 Å². The van der Waals surface area contributed by atoms with Gasteiger partial charge in [-0.05, 0) is 25.1 Å². The van der Waals surface area contributed by atoms with Gasteiger partial charge in [0.05, 0.1) is 48.5 Å². The number of alkyl halides is 3. The number of nitrogens with zero attached hydrogens (tertiary/aromatic N) is 8. The number of aromatic nitrogens is 7. The third-order valence-electron chi connectivity index (χ3n) is 6.90. The fraction of sp³-hybridized carbons (Fsp3) is 0.296. The van der Waals surface area contributed by atoms with Gasteiger partial charge in [0.1, 0.15) is 11.5 Å². The molecule has 0 spiro atoms. The Balaban J connectivity index is 1.30. The number of hydrogen-bond acceptors (Lipinski definition) is 8. The van der Waals surface area contributed by atoms with Crippen LogP contribution in [0, 0.1) is 6.92 Å². The van der Waals surface area contributed by atoms with Crippen molar-refractivity contribution >= 4 is 11.6 Å². The number of benzene rings is 1. The van der Waals surface area contributed by atoms with Crippen molar-refractivity contribution in [2.75, 3.05) is 26.3 Å². The second-order valence-electron chi connectivity index (χ2n) is 9.74. The number of halogens is 3. The molecule has 218 valence electrons. The summed E-state index contributed by atoms with van der Waals surface area (Å²) in [6.45, 7) is 3.57. The van der Waals surface area contributed by atoms with E-state index >= 15 is 0 Å². The van der Waals surface area contributed by atoms with Crippen molar-refractivity contribution in [3.05, 3.63) is 71.7 Å². The predicted molar refractivity (Wildman–Crippen MR) is 141 cm³/mol. The zero-order valence-corrected chi connectivity index (χ0v) is 22.5. The molecule has 12 nitrogen and oxygen atoms in total. The van der Waals surface area contributed by atoms with Crippen molar-refractivity contribution in [2.45, 2.75) is 19.6 Å². The molecule has 1 fully saturated rings. The molecule has 4 aromatic heterocycles. The standard InChI is InChI=1S/C27H25F3N8O4/c1-16-11-17(33-35(16)2)14-37-15-20(23(34-37)27(28,29)30)21-13-32-24-25(31-5-6-38(21)24)42-18-3-4-19(22(39)12-18)26(40)36-7-9-41-10-8-36/h3-6,11-13,15,39H,7-10,14H2,1-2H3. The molecular weight excluding hydrogens is 557 g/mol. The van der Waals surface area contributed by atoms with E-state index < -0.39 is 11.9 Å². The zero-order valence-electron chi connectivity index (χ0n) is 22.5. The molecule has 1 N–H and O–H groups in total. The van der Waals surface area contributed by atoms with Gasteiger partial charge in [-0.25, -0.2) is 9.97 Å². The maximum absolute atomic E-state index is 14.1. The lowest BCUT2D eigenvalue weighted by Crippen LogP contribution is -2.40. The first-order valence-electron chi connectivity index (χ1n) is 12.9. The first-order chi connectivity index (χ1) is 20.1.